The molecule has 6 heterocycles. The third-order valence-corrected chi connectivity index (χ3v) is 17.0. The van der Waals surface area contributed by atoms with Gasteiger partial charge in [0.15, 0.2) is 31.5 Å². The summed E-state index contributed by atoms with van der Waals surface area (Å²) in [6.07, 6.45) is 0.440. The molecule has 0 N–H and O–H groups in total. The molecule has 0 saturated carbocycles. The molecule has 0 radical (unpaired) electrons. The van der Waals surface area contributed by atoms with Gasteiger partial charge in [0, 0.05) is 27.8 Å². The van der Waals surface area contributed by atoms with Crippen molar-refractivity contribution in [2.45, 2.75) is 63.6 Å². The molecular formula is C56H58N3O16P3. The molecule has 0 amide bonds. The molecule has 1 aromatic heterocycles. The lowest BCUT2D eigenvalue weighted by Crippen LogP contribution is -2.16. The molecule has 408 valence electrons. The lowest BCUT2D eigenvalue weighted by Gasteiger charge is -2.23. The van der Waals surface area contributed by atoms with Crippen LogP contribution in [0, 0.1) is 0 Å². The Morgan fingerprint density at radius 2 is 0.756 bits per heavy atom. The fraction of sp³-hybridized carbons (Fsp3) is 0.357. The number of ether oxygens (including phenoxy) is 12. The van der Waals surface area contributed by atoms with Crippen molar-refractivity contribution in [3.63, 3.8) is 0 Å². The largest absolute Gasteiger partial charge is 0.453 e. The fourth-order valence-corrected chi connectivity index (χ4v) is 12.7. The van der Waals surface area contributed by atoms with E-state index in [4.69, 9.17) is 80.1 Å². The Bertz CT molecular complexity index is 3140. The van der Waals surface area contributed by atoms with Gasteiger partial charge in [0.05, 0.1) is 99.1 Å². The number of hydrogen-bond donors (Lipinski definition) is 0. The highest BCUT2D eigenvalue weighted by Crippen LogP contribution is 2.49. The van der Waals surface area contributed by atoms with Crippen molar-refractivity contribution in [2.24, 2.45) is 0 Å². The molecule has 0 spiro atoms. The van der Waals surface area contributed by atoms with Crippen LogP contribution in [0.4, 0.5) is 0 Å². The molecule has 19 nitrogen and oxygen atoms in total. The highest BCUT2D eigenvalue weighted by molar-refractivity contribution is 7.56. The molecule has 5 fully saturated rings. The predicted molar refractivity (Wildman–Crippen MR) is 286 cm³/mol. The lowest BCUT2D eigenvalue weighted by atomic mass is 10.2. The van der Waals surface area contributed by atoms with Crippen LogP contribution in [0.3, 0.4) is 0 Å². The maximum Gasteiger partial charge on any atom is 0.319 e. The van der Waals surface area contributed by atoms with Crippen LogP contribution in [-0.2, 0) is 80.4 Å². The molecular weight excluding hydrogens is 1060 g/mol. The van der Waals surface area contributed by atoms with Gasteiger partial charge in [-0.05, 0) is 46.7 Å². The van der Waals surface area contributed by atoms with Gasteiger partial charge >= 0.3 is 16.2 Å². The van der Waals surface area contributed by atoms with Crippen LogP contribution in [0.1, 0.15) is 27.8 Å². The van der Waals surface area contributed by atoms with E-state index in [2.05, 4.69) is 0 Å². The SMILES string of the molecule is c1ccc(Oc2cccc(Op3npn(Oc4ccccc4COCC4CO4)p(Oc4ccccc4COCC4CO4)n3Oc3ccccc3COCC3CO3)c2Oc2ccccc2COCC2CO2)c(COCC2CO2)c1. The lowest BCUT2D eigenvalue weighted by molar-refractivity contribution is 0.100. The monoisotopic (exact) mass is 1120 g/mol. The van der Waals surface area contributed by atoms with Gasteiger partial charge in [-0.25, -0.2) is 0 Å². The average Bonchev–Trinajstić information content (AvgIpc) is 4.25. The number of para-hydroxylation sites is 6. The van der Waals surface area contributed by atoms with E-state index in [1.54, 1.807) is 8.51 Å². The summed E-state index contributed by atoms with van der Waals surface area (Å²) in [6, 6.07) is 44.0. The van der Waals surface area contributed by atoms with Crippen LogP contribution in [0.15, 0.2) is 140 Å². The molecule has 0 bridgehead atoms. The number of hydrogen-bond acceptors (Lipinski definition) is 17. The first-order valence-electron chi connectivity index (χ1n) is 25.8. The van der Waals surface area contributed by atoms with Gasteiger partial charge in [-0.1, -0.05) is 101 Å². The van der Waals surface area contributed by atoms with E-state index in [0.29, 0.717) is 121 Å². The third kappa shape index (κ3) is 15.0. The van der Waals surface area contributed by atoms with Gasteiger partial charge in [-0.2, -0.15) is 0 Å². The summed E-state index contributed by atoms with van der Waals surface area (Å²) in [6.45, 7) is 7.11. The summed E-state index contributed by atoms with van der Waals surface area (Å²) >= 11 is 0. The van der Waals surface area contributed by atoms with Crippen LogP contribution in [0.2, 0.25) is 0 Å². The van der Waals surface area contributed by atoms with E-state index in [1.807, 2.05) is 140 Å². The standard InChI is InChI=1S/C56H58N3O16P3/c1-6-17-49(39(12-1)24-60-29-44-34-65-44)70-54-22-11-23-55(56(54)71-50-18-7-2-13-40(50)25-61-30-45-35-66-45)74-77-57-76-58(72-51-19-8-3-14-41(51)26-62-31-46-36-67-46)78(75-53-21-10-5-16-43(53)28-64-33-48-38-69-48)59(77)73-52-20-9-4-15-42(52)27-63-32-47-37-68-47/h1-23,44-48H,24-38H2. The van der Waals surface area contributed by atoms with Gasteiger partial charge in [0.2, 0.25) is 5.75 Å². The Balaban J connectivity index is 0.961. The molecule has 22 heteroatoms. The molecule has 7 unspecified atom stereocenters. The summed E-state index contributed by atoms with van der Waals surface area (Å²) in [4.78, 5) is 14.0. The molecule has 0 aliphatic carbocycles. The van der Waals surface area contributed by atoms with Crippen molar-refractivity contribution < 1.29 is 75.6 Å². The van der Waals surface area contributed by atoms with Gasteiger partial charge in [-0.3, -0.25) is 0 Å². The zero-order valence-corrected chi connectivity index (χ0v) is 45.2. The normalized spacial score (nSPS) is 20.0. The Kier molecular flexibility index (Phi) is 17.5. The Morgan fingerprint density at radius 3 is 1.22 bits per heavy atom. The van der Waals surface area contributed by atoms with Crippen molar-refractivity contribution in [1.82, 2.24) is 13.0 Å². The number of epoxide rings is 5. The summed E-state index contributed by atoms with van der Waals surface area (Å²) < 4.78 is 94.4. The molecule has 5 aliphatic rings. The summed E-state index contributed by atoms with van der Waals surface area (Å²) in [5.74, 6) is 3.62. The quantitative estimate of drug-likeness (QED) is 0.0362. The van der Waals surface area contributed by atoms with E-state index < -0.39 is 16.2 Å². The number of nitrogens with zero attached hydrogens (tertiary/aromatic N) is 3. The molecule has 5 saturated heterocycles. The number of aromatic nitrogens is 3. The van der Waals surface area contributed by atoms with Crippen molar-refractivity contribution in [1.29, 1.82) is 0 Å². The van der Waals surface area contributed by atoms with Crippen LogP contribution in [0.5, 0.6) is 46.0 Å². The smallest absolute Gasteiger partial charge is 0.319 e. The van der Waals surface area contributed by atoms with Crippen LogP contribution in [0.25, 0.3) is 0 Å². The average molecular weight is 1120 g/mol. The Morgan fingerprint density at radius 1 is 0.397 bits per heavy atom. The molecule has 6 aromatic carbocycles. The first-order chi connectivity index (χ1) is 38.6. The van der Waals surface area contributed by atoms with Gasteiger partial charge in [-0.15, -0.1) is 4.51 Å². The van der Waals surface area contributed by atoms with Crippen molar-refractivity contribution in [2.75, 3.05) is 66.1 Å². The third-order valence-electron chi connectivity index (χ3n) is 12.4. The second-order valence-electron chi connectivity index (χ2n) is 18.7. The molecule has 78 heavy (non-hydrogen) atoms. The van der Waals surface area contributed by atoms with E-state index in [1.165, 1.54) is 0 Å². The molecule has 7 atom stereocenters. The van der Waals surface area contributed by atoms with Crippen molar-refractivity contribution in [3.05, 3.63) is 167 Å². The minimum atomic E-state index is -2.18. The summed E-state index contributed by atoms with van der Waals surface area (Å²) in [5, 5.41) is 0. The topological polar surface area (TPSA) is 187 Å². The van der Waals surface area contributed by atoms with Gasteiger partial charge < -0.3 is 75.6 Å². The molecule has 7 aromatic rings. The van der Waals surface area contributed by atoms with E-state index in [0.717, 1.165) is 27.8 Å². The Labute approximate surface area is 454 Å². The van der Waals surface area contributed by atoms with E-state index in [-0.39, 0.29) is 62.7 Å². The minimum Gasteiger partial charge on any atom is -0.453 e. The van der Waals surface area contributed by atoms with E-state index in [9.17, 15) is 0 Å². The predicted octanol–water partition coefficient (Wildman–Crippen LogP) is 10.9. The fourth-order valence-electron chi connectivity index (χ4n) is 7.75. The first-order valence-corrected chi connectivity index (χ1v) is 28.9. The summed E-state index contributed by atoms with van der Waals surface area (Å²) in [5.41, 5.74) is 4.03. The van der Waals surface area contributed by atoms with E-state index >= 15 is 0 Å². The highest BCUT2D eigenvalue weighted by atomic mass is 31.2. The van der Waals surface area contributed by atoms with Crippen molar-refractivity contribution in [3.8, 4) is 46.0 Å². The maximum atomic E-state index is 7.22. The van der Waals surface area contributed by atoms with Crippen molar-refractivity contribution >= 4 is 24.7 Å². The number of benzene rings is 6. The number of rotatable bonds is 32. The zero-order chi connectivity index (χ0) is 52.3. The second-order valence-corrected chi connectivity index (χ2v) is 23.1. The molecule has 12 rings (SSSR count). The Hall–Kier alpha value is -5.98. The van der Waals surface area contributed by atoms with Gasteiger partial charge in [0.25, 0.3) is 0 Å². The highest BCUT2D eigenvalue weighted by Gasteiger charge is 2.29. The van der Waals surface area contributed by atoms with Crippen LogP contribution >= 0.6 is 24.7 Å². The minimum absolute atomic E-state index is 0.0690. The maximum absolute atomic E-state index is 7.22. The second kappa shape index (κ2) is 25.9. The van der Waals surface area contributed by atoms with Crippen LogP contribution < -0.4 is 28.2 Å². The van der Waals surface area contributed by atoms with Crippen LogP contribution in [-0.4, -0.2) is 110 Å². The summed E-state index contributed by atoms with van der Waals surface area (Å²) in [7, 11) is -4.01. The zero-order valence-electron chi connectivity index (χ0n) is 42.5. The van der Waals surface area contributed by atoms with Gasteiger partial charge in [0.1, 0.15) is 47.8 Å². The first kappa shape index (κ1) is 52.7. The molecule has 5 aliphatic heterocycles.